The molecule has 1 aromatic carbocycles. The molecule has 3 fully saturated rings. The van der Waals surface area contributed by atoms with Gasteiger partial charge in [0.1, 0.15) is 0 Å². The molecule has 30 heavy (non-hydrogen) atoms. The SMILES string of the molecule is CC(=O)c1ccc(N2CCN(C(=O)CCCCC3SCC4NC(=O)NC43)CC2)cc1. The minimum atomic E-state index is -0.0422. The van der Waals surface area contributed by atoms with Crippen molar-refractivity contribution in [2.45, 2.75) is 49.9 Å². The summed E-state index contributed by atoms with van der Waals surface area (Å²) in [6.45, 7) is 4.70. The van der Waals surface area contributed by atoms with Crippen molar-refractivity contribution < 1.29 is 14.4 Å². The van der Waals surface area contributed by atoms with Crippen LogP contribution in [0.4, 0.5) is 10.5 Å². The summed E-state index contributed by atoms with van der Waals surface area (Å²) in [5.41, 5.74) is 1.83. The number of ketones is 1. The van der Waals surface area contributed by atoms with Gasteiger partial charge in [-0.2, -0.15) is 11.8 Å². The largest absolute Gasteiger partial charge is 0.368 e. The predicted octanol–water partition coefficient (Wildman–Crippen LogP) is 2.26. The average Bonchev–Trinajstić information content (AvgIpc) is 3.30. The number of carbonyl (C=O) groups excluding carboxylic acids is 3. The second-order valence-corrected chi connectivity index (χ2v) is 9.61. The van der Waals surface area contributed by atoms with Gasteiger partial charge in [0, 0.05) is 54.9 Å². The Morgan fingerprint density at radius 3 is 2.50 bits per heavy atom. The molecule has 162 valence electrons. The smallest absolute Gasteiger partial charge is 0.315 e. The van der Waals surface area contributed by atoms with Crippen LogP contribution in [0.3, 0.4) is 0 Å². The molecule has 1 aromatic rings. The highest BCUT2D eigenvalue weighted by atomic mass is 32.2. The van der Waals surface area contributed by atoms with Gasteiger partial charge < -0.3 is 20.4 Å². The van der Waals surface area contributed by atoms with Crippen molar-refractivity contribution in [2.75, 3.05) is 36.8 Å². The van der Waals surface area contributed by atoms with E-state index in [-0.39, 0.29) is 29.8 Å². The van der Waals surface area contributed by atoms with Crippen LogP contribution in [0.5, 0.6) is 0 Å². The standard InChI is InChI=1S/C22H30N4O3S/c1-15(27)16-6-8-17(9-7-16)25-10-12-26(13-11-25)20(28)5-3-2-4-19-21-18(14-30-19)23-22(29)24-21/h6-9,18-19,21H,2-5,10-14H2,1H3,(H2,23,24,29). The average molecular weight is 431 g/mol. The molecule has 3 aliphatic rings. The maximum atomic E-state index is 12.6. The van der Waals surface area contributed by atoms with E-state index in [1.807, 2.05) is 40.9 Å². The summed E-state index contributed by atoms with van der Waals surface area (Å²) in [4.78, 5) is 39.7. The van der Waals surface area contributed by atoms with Crippen molar-refractivity contribution in [2.24, 2.45) is 0 Å². The summed E-state index contributed by atoms with van der Waals surface area (Å²) in [6.07, 6.45) is 3.57. The molecule has 3 amide bonds. The number of carbonyl (C=O) groups is 3. The number of unbranched alkanes of at least 4 members (excludes halogenated alkanes) is 1. The monoisotopic (exact) mass is 430 g/mol. The van der Waals surface area contributed by atoms with Crippen molar-refractivity contribution in [3.63, 3.8) is 0 Å². The van der Waals surface area contributed by atoms with E-state index in [1.165, 1.54) is 0 Å². The fourth-order valence-corrected chi connectivity index (χ4v) is 6.09. The maximum absolute atomic E-state index is 12.6. The fourth-order valence-electron chi connectivity index (χ4n) is 4.54. The number of nitrogens with one attached hydrogen (secondary N) is 2. The third-order valence-corrected chi connectivity index (χ3v) is 7.85. The minimum absolute atomic E-state index is 0.0422. The number of urea groups is 1. The highest BCUT2D eigenvalue weighted by Crippen LogP contribution is 2.33. The zero-order valence-corrected chi connectivity index (χ0v) is 18.2. The molecule has 3 unspecified atom stereocenters. The van der Waals surface area contributed by atoms with Crippen LogP contribution < -0.4 is 15.5 Å². The highest BCUT2D eigenvalue weighted by Gasteiger charge is 2.42. The topological polar surface area (TPSA) is 81.8 Å². The van der Waals surface area contributed by atoms with Crippen LogP contribution >= 0.6 is 11.8 Å². The quantitative estimate of drug-likeness (QED) is 0.394. The van der Waals surface area contributed by atoms with Crippen LogP contribution in [-0.4, -0.2) is 71.9 Å². The van der Waals surface area contributed by atoms with Gasteiger partial charge in [-0.15, -0.1) is 0 Å². The molecule has 2 N–H and O–H groups in total. The number of anilines is 1. The summed E-state index contributed by atoms with van der Waals surface area (Å²) in [5, 5.41) is 6.46. The molecule has 0 radical (unpaired) electrons. The first-order valence-electron chi connectivity index (χ1n) is 10.8. The first-order valence-corrected chi connectivity index (χ1v) is 11.9. The van der Waals surface area contributed by atoms with Crippen LogP contribution in [0.1, 0.15) is 43.0 Å². The lowest BCUT2D eigenvalue weighted by atomic mass is 10.0. The second kappa shape index (κ2) is 9.29. The normalized spacial score (nSPS) is 25.6. The molecule has 3 heterocycles. The molecule has 0 saturated carbocycles. The lowest BCUT2D eigenvalue weighted by molar-refractivity contribution is -0.131. The van der Waals surface area contributed by atoms with Gasteiger partial charge in [-0.25, -0.2) is 4.79 Å². The zero-order chi connectivity index (χ0) is 21.1. The number of fused-ring (bicyclic) bond motifs is 1. The van der Waals surface area contributed by atoms with Crippen LogP contribution in [0.25, 0.3) is 0 Å². The van der Waals surface area contributed by atoms with Gasteiger partial charge in [-0.1, -0.05) is 6.42 Å². The van der Waals surface area contributed by atoms with E-state index in [9.17, 15) is 14.4 Å². The number of thioether (sulfide) groups is 1. The van der Waals surface area contributed by atoms with Gasteiger partial charge >= 0.3 is 6.03 Å². The maximum Gasteiger partial charge on any atom is 0.315 e. The lowest BCUT2D eigenvalue weighted by Crippen LogP contribution is -2.48. The van der Waals surface area contributed by atoms with Gasteiger partial charge in [-0.3, -0.25) is 9.59 Å². The molecular weight excluding hydrogens is 400 g/mol. The predicted molar refractivity (Wildman–Crippen MR) is 119 cm³/mol. The van der Waals surface area contributed by atoms with Gasteiger partial charge in [0.2, 0.25) is 5.91 Å². The highest BCUT2D eigenvalue weighted by molar-refractivity contribution is 8.00. The number of benzene rings is 1. The zero-order valence-electron chi connectivity index (χ0n) is 17.4. The molecule has 3 atom stereocenters. The summed E-state index contributed by atoms with van der Waals surface area (Å²) in [7, 11) is 0. The second-order valence-electron chi connectivity index (χ2n) is 8.34. The van der Waals surface area contributed by atoms with Crippen molar-refractivity contribution in [3.8, 4) is 0 Å². The number of hydrogen-bond acceptors (Lipinski definition) is 5. The van der Waals surface area contributed by atoms with Crippen molar-refractivity contribution in [1.29, 1.82) is 0 Å². The molecule has 3 saturated heterocycles. The molecule has 0 aromatic heterocycles. The van der Waals surface area contributed by atoms with Crippen molar-refractivity contribution in [3.05, 3.63) is 29.8 Å². The van der Waals surface area contributed by atoms with Crippen molar-refractivity contribution in [1.82, 2.24) is 15.5 Å². The molecule has 3 aliphatic heterocycles. The third kappa shape index (κ3) is 4.74. The number of amides is 3. The van der Waals surface area contributed by atoms with Crippen molar-refractivity contribution >= 4 is 35.2 Å². The summed E-state index contributed by atoms with van der Waals surface area (Å²) in [6, 6.07) is 8.18. The van der Waals surface area contributed by atoms with E-state index >= 15 is 0 Å². The van der Waals surface area contributed by atoms with Gasteiger partial charge in [0.25, 0.3) is 0 Å². The van der Waals surface area contributed by atoms with E-state index < -0.39 is 0 Å². The number of nitrogens with zero attached hydrogens (tertiary/aromatic N) is 2. The Morgan fingerprint density at radius 1 is 1.07 bits per heavy atom. The molecule has 0 spiro atoms. The van der Waals surface area contributed by atoms with Gasteiger partial charge in [-0.05, 0) is 44.0 Å². The Hall–Kier alpha value is -2.22. The summed E-state index contributed by atoms with van der Waals surface area (Å²) in [5.74, 6) is 1.30. The van der Waals surface area contributed by atoms with Gasteiger partial charge in [0.05, 0.1) is 12.1 Å². The van der Waals surface area contributed by atoms with E-state index in [4.69, 9.17) is 0 Å². The summed E-state index contributed by atoms with van der Waals surface area (Å²) < 4.78 is 0. The molecule has 0 aliphatic carbocycles. The number of piperazine rings is 1. The Balaban J connectivity index is 1.15. The fraction of sp³-hybridized carbons (Fsp3) is 0.591. The minimum Gasteiger partial charge on any atom is -0.368 e. The first kappa shape index (κ1) is 21.0. The lowest BCUT2D eigenvalue weighted by Gasteiger charge is -2.36. The van der Waals surface area contributed by atoms with Gasteiger partial charge in [0.15, 0.2) is 5.78 Å². The van der Waals surface area contributed by atoms with Crippen LogP contribution in [0, 0.1) is 0 Å². The van der Waals surface area contributed by atoms with Crippen LogP contribution in [-0.2, 0) is 4.79 Å². The molecule has 4 rings (SSSR count). The Bertz CT molecular complexity index is 792. The molecular formula is C22H30N4O3S. The van der Waals surface area contributed by atoms with Crippen LogP contribution in [0.2, 0.25) is 0 Å². The molecule has 8 heteroatoms. The van der Waals surface area contributed by atoms with E-state index in [0.29, 0.717) is 11.7 Å². The van der Waals surface area contributed by atoms with Crippen LogP contribution in [0.15, 0.2) is 24.3 Å². The number of Topliss-reactive ketones (excluding diaryl/α,β-unsaturated/α-hetero) is 1. The molecule has 0 bridgehead atoms. The summed E-state index contributed by atoms with van der Waals surface area (Å²) >= 11 is 1.93. The Kier molecular flexibility index (Phi) is 6.51. The first-order chi connectivity index (χ1) is 14.5. The van der Waals surface area contributed by atoms with E-state index in [2.05, 4.69) is 15.5 Å². The molecule has 7 nitrogen and oxygen atoms in total. The Morgan fingerprint density at radius 2 is 1.80 bits per heavy atom. The number of rotatable bonds is 7. The third-order valence-electron chi connectivity index (χ3n) is 6.34. The Labute approximate surface area is 181 Å². The number of hydrogen-bond donors (Lipinski definition) is 2. The van der Waals surface area contributed by atoms with E-state index in [1.54, 1.807) is 6.92 Å². The van der Waals surface area contributed by atoms with E-state index in [0.717, 1.165) is 62.4 Å².